The SMILES string of the molecule is Cc1ccc2nc3c(cc(C(=O)N4CCOCC4)c(=N)n3CCCn3ccnc3)c(=O)n2c1. The largest absolute Gasteiger partial charge is 0.378 e. The van der Waals surface area contributed by atoms with Crippen molar-refractivity contribution in [3.8, 4) is 0 Å². The summed E-state index contributed by atoms with van der Waals surface area (Å²) in [5.74, 6) is -0.262. The second-order valence-electron chi connectivity index (χ2n) is 8.21. The van der Waals surface area contributed by atoms with Crippen LogP contribution in [-0.2, 0) is 17.8 Å². The number of aryl methyl sites for hydroxylation is 3. The predicted octanol–water partition coefficient (Wildman–Crippen LogP) is 1.20. The molecule has 0 aromatic carbocycles. The molecule has 0 aliphatic carbocycles. The Morgan fingerprint density at radius 3 is 2.79 bits per heavy atom. The van der Waals surface area contributed by atoms with Crippen molar-refractivity contribution in [1.29, 1.82) is 5.41 Å². The summed E-state index contributed by atoms with van der Waals surface area (Å²) in [7, 11) is 0. The van der Waals surface area contributed by atoms with E-state index in [2.05, 4.69) is 4.98 Å². The van der Waals surface area contributed by atoms with Gasteiger partial charge in [-0.3, -0.25) is 19.4 Å². The first-order chi connectivity index (χ1) is 16.0. The maximum absolute atomic E-state index is 13.4. The minimum absolute atomic E-state index is 0.0629. The topological polar surface area (TPSA) is 111 Å². The number of imidazole rings is 1. The Balaban J connectivity index is 1.66. The standard InChI is InChI=1S/C23H25N7O3/c1-16-3-4-19-26-21-18(23(32)30(19)14-16)13-17(22(31)28-9-11-33-12-10-28)20(24)29(21)7-2-6-27-8-5-25-15-27/h3-5,8,13-15,24H,2,6-7,9-12H2,1H3. The molecule has 170 valence electrons. The van der Waals surface area contributed by atoms with Crippen LogP contribution in [0.2, 0.25) is 0 Å². The van der Waals surface area contributed by atoms with Gasteiger partial charge in [-0.2, -0.15) is 0 Å². The first kappa shape index (κ1) is 21.1. The van der Waals surface area contributed by atoms with Gasteiger partial charge in [0.25, 0.3) is 11.5 Å². The van der Waals surface area contributed by atoms with E-state index in [0.717, 1.165) is 5.56 Å². The molecular formula is C23H25N7O3. The second-order valence-corrected chi connectivity index (χ2v) is 8.21. The zero-order chi connectivity index (χ0) is 22.9. The van der Waals surface area contributed by atoms with Crippen LogP contribution in [0.1, 0.15) is 22.3 Å². The van der Waals surface area contributed by atoms with E-state index in [4.69, 9.17) is 15.1 Å². The van der Waals surface area contributed by atoms with Crippen LogP contribution in [0.4, 0.5) is 0 Å². The highest BCUT2D eigenvalue weighted by molar-refractivity contribution is 5.97. The summed E-state index contributed by atoms with van der Waals surface area (Å²) in [5.41, 5.74) is 1.87. The molecule has 0 unspecified atom stereocenters. The molecule has 10 nitrogen and oxygen atoms in total. The summed E-state index contributed by atoms with van der Waals surface area (Å²) in [6, 6.07) is 5.23. The van der Waals surface area contributed by atoms with Crippen LogP contribution in [0.5, 0.6) is 0 Å². The molecule has 0 spiro atoms. The zero-order valence-corrected chi connectivity index (χ0v) is 18.4. The van der Waals surface area contributed by atoms with Gasteiger partial charge in [0.05, 0.1) is 30.5 Å². The van der Waals surface area contributed by atoms with Gasteiger partial charge in [-0.05, 0) is 31.0 Å². The molecule has 1 amide bonds. The highest BCUT2D eigenvalue weighted by Crippen LogP contribution is 2.14. The van der Waals surface area contributed by atoms with Crippen molar-refractivity contribution in [1.82, 2.24) is 28.4 Å². The summed E-state index contributed by atoms with van der Waals surface area (Å²) >= 11 is 0. The number of nitrogens with zero attached hydrogens (tertiary/aromatic N) is 6. The Bertz CT molecular complexity index is 1450. The third-order valence-electron chi connectivity index (χ3n) is 5.94. The third kappa shape index (κ3) is 3.93. The molecule has 0 atom stereocenters. The minimum atomic E-state index is -0.262. The molecule has 4 aromatic rings. The number of amides is 1. The molecular weight excluding hydrogens is 422 g/mol. The molecule has 1 aliphatic rings. The minimum Gasteiger partial charge on any atom is -0.378 e. The quantitative estimate of drug-likeness (QED) is 0.462. The van der Waals surface area contributed by atoms with Gasteiger partial charge in [0.15, 0.2) is 0 Å². The summed E-state index contributed by atoms with van der Waals surface area (Å²) in [6.07, 6.45) is 7.76. The fraction of sp³-hybridized carbons (Fsp3) is 0.348. The highest BCUT2D eigenvalue weighted by atomic mass is 16.5. The van der Waals surface area contributed by atoms with Crippen LogP contribution in [-0.4, -0.2) is 60.6 Å². The van der Waals surface area contributed by atoms with E-state index >= 15 is 0 Å². The first-order valence-corrected chi connectivity index (χ1v) is 11.0. The van der Waals surface area contributed by atoms with Gasteiger partial charge >= 0.3 is 0 Å². The summed E-state index contributed by atoms with van der Waals surface area (Å²) < 4.78 is 10.5. The maximum atomic E-state index is 13.4. The molecule has 1 fully saturated rings. The number of hydrogen-bond donors (Lipinski definition) is 1. The lowest BCUT2D eigenvalue weighted by molar-refractivity contribution is 0.0301. The number of hydrogen-bond acceptors (Lipinski definition) is 6. The number of rotatable bonds is 5. The van der Waals surface area contributed by atoms with E-state index in [0.29, 0.717) is 62.5 Å². The molecule has 10 heteroatoms. The van der Waals surface area contributed by atoms with Crippen LogP contribution >= 0.6 is 0 Å². The Hall–Kier alpha value is -3.79. The van der Waals surface area contributed by atoms with Crippen LogP contribution in [0, 0.1) is 12.3 Å². The van der Waals surface area contributed by atoms with Gasteiger partial charge in [-0.15, -0.1) is 0 Å². The molecule has 4 aromatic heterocycles. The molecule has 5 rings (SSSR count). The van der Waals surface area contributed by atoms with E-state index in [-0.39, 0.29) is 22.5 Å². The van der Waals surface area contributed by atoms with Crippen molar-refractivity contribution in [3.05, 3.63) is 70.1 Å². The zero-order valence-electron chi connectivity index (χ0n) is 18.4. The van der Waals surface area contributed by atoms with Gasteiger partial charge in [-0.1, -0.05) is 6.07 Å². The Kier molecular flexibility index (Phi) is 5.51. The first-order valence-electron chi connectivity index (χ1n) is 11.0. The van der Waals surface area contributed by atoms with Gasteiger partial charge in [0, 0.05) is 44.8 Å². The van der Waals surface area contributed by atoms with E-state index in [9.17, 15) is 9.59 Å². The van der Waals surface area contributed by atoms with Crippen molar-refractivity contribution < 1.29 is 9.53 Å². The Morgan fingerprint density at radius 1 is 1.21 bits per heavy atom. The van der Waals surface area contributed by atoms with Crippen LogP contribution < -0.4 is 11.0 Å². The number of carbonyl (C=O) groups excluding carboxylic acids is 1. The van der Waals surface area contributed by atoms with Crippen molar-refractivity contribution in [2.45, 2.75) is 26.4 Å². The monoisotopic (exact) mass is 447 g/mol. The number of aromatic nitrogens is 5. The maximum Gasteiger partial charge on any atom is 0.267 e. The van der Waals surface area contributed by atoms with Crippen molar-refractivity contribution in [2.75, 3.05) is 26.3 Å². The second kappa shape index (κ2) is 8.62. The molecule has 5 heterocycles. The number of fused-ring (bicyclic) bond motifs is 2. The summed E-state index contributed by atoms with van der Waals surface area (Å²) in [6.45, 7) is 4.90. The van der Waals surface area contributed by atoms with Crippen molar-refractivity contribution in [2.24, 2.45) is 0 Å². The lowest BCUT2D eigenvalue weighted by atomic mass is 10.1. The van der Waals surface area contributed by atoms with Crippen molar-refractivity contribution >= 4 is 22.6 Å². The molecule has 1 aliphatic heterocycles. The van der Waals surface area contributed by atoms with Gasteiger partial charge in [0.2, 0.25) is 0 Å². The number of pyridine rings is 2. The van der Waals surface area contributed by atoms with Gasteiger partial charge < -0.3 is 18.8 Å². The van der Waals surface area contributed by atoms with Gasteiger partial charge in [0.1, 0.15) is 16.8 Å². The van der Waals surface area contributed by atoms with Crippen LogP contribution in [0.15, 0.2) is 47.9 Å². The molecule has 0 bridgehead atoms. The lowest BCUT2D eigenvalue weighted by Crippen LogP contribution is -2.43. The summed E-state index contributed by atoms with van der Waals surface area (Å²) in [4.78, 5) is 37.2. The molecule has 1 N–H and O–H groups in total. The van der Waals surface area contributed by atoms with E-state index in [1.54, 1.807) is 34.3 Å². The number of morpholine rings is 1. The Morgan fingerprint density at radius 2 is 2.03 bits per heavy atom. The average molecular weight is 447 g/mol. The normalized spacial score (nSPS) is 14.3. The summed E-state index contributed by atoms with van der Waals surface area (Å²) in [5, 5.41) is 9.19. The molecule has 33 heavy (non-hydrogen) atoms. The number of ether oxygens (including phenoxy) is 1. The smallest absolute Gasteiger partial charge is 0.267 e. The van der Waals surface area contributed by atoms with Crippen LogP contribution in [0.25, 0.3) is 16.7 Å². The Labute approximate surface area is 189 Å². The molecule has 0 saturated carbocycles. The predicted molar refractivity (Wildman–Crippen MR) is 121 cm³/mol. The highest BCUT2D eigenvalue weighted by Gasteiger charge is 2.23. The number of carbonyl (C=O) groups is 1. The van der Waals surface area contributed by atoms with E-state index in [1.165, 1.54) is 10.5 Å². The van der Waals surface area contributed by atoms with E-state index in [1.807, 2.05) is 23.8 Å². The fourth-order valence-corrected chi connectivity index (χ4v) is 4.19. The fourth-order valence-electron chi connectivity index (χ4n) is 4.19. The average Bonchev–Trinajstić information content (AvgIpc) is 3.35. The van der Waals surface area contributed by atoms with Crippen molar-refractivity contribution in [3.63, 3.8) is 0 Å². The van der Waals surface area contributed by atoms with Crippen LogP contribution in [0.3, 0.4) is 0 Å². The lowest BCUT2D eigenvalue weighted by Gasteiger charge is -2.27. The molecule has 1 saturated heterocycles. The molecule has 0 radical (unpaired) electrons. The van der Waals surface area contributed by atoms with E-state index < -0.39 is 0 Å². The third-order valence-corrected chi connectivity index (χ3v) is 5.94. The number of nitrogens with one attached hydrogen (secondary N) is 1. The van der Waals surface area contributed by atoms with Gasteiger partial charge in [-0.25, -0.2) is 9.97 Å².